The van der Waals surface area contributed by atoms with E-state index in [4.69, 9.17) is 0 Å². The zero-order valence-corrected chi connectivity index (χ0v) is 31.4. The Labute approximate surface area is 307 Å². The predicted molar refractivity (Wildman–Crippen MR) is 222 cm³/mol. The molecule has 6 aromatic rings. The summed E-state index contributed by atoms with van der Waals surface area (Å²) in [5.74, 6) is 0. The van der Waals surface area contributed by atoms with Crippen molar-refractivity contribution in [2.75, 3.05) is 4.90 Å². The van der Waals surface area contributed by atoms with Crippen molar-refractivity contribution >= 4 is 22.6 Å². The Kier molecular flexibility index (Phi) is 11.4. The van der Waals surface area contributed by atoms with Gasteiger partial charge >= 0.3 is 0 Å². The van der Waals surface area contributed by atoms with Gasteiger partial charge in [-0.1, -0.05) is 187 Å². The molecule has 0 N–H and O–H groups in total. The summed E-state index contributed by atoms with van der Waals surface area (Å²) >= 11 is 0. The number of benzene rings is 6. The molecule has 1 aliphatic carbocycles. The van der Waals surface area contributed by atoms with Crippen molar-refractivity contribution in [1.29, 1.82) is 0 Å². The number of anilines is 3. The van der Waals surface area contributed by atoms with Gasteiger partial charge in [0.25, 0.3) is 0 Å². The van der Waals surface area contributed by atoms with E-state index in [9.17, 15) is 0 Å². The highest BCUT2D eigenvalue weighted by molar-refractivity contribution is 5.91. The molecule has 1 heterocycles. The number of allylic oxidation sites excluding steroid dienone is 1. The molecule has 0 saturated heterocycles. The van der Waals surface area contributed by atoms with Gasteiger partial charge in [0, 0.05) is 11.1 Å². The maximum Gasteiger partial charge on any atom is 0.0505 e. The van der Waals surface area contributed by atoms with Crippen molar-refractivity contribution in [1.82, 2.24) is 0 Å². The van der Waals surface area contributed by atoms with E-state index in [0.717, 1.165) is 12.8 Å². The van der Waals surface area contributed by atoms with Crippen LogP contribution in [0.5, 0.6) is 0 Å². The van der Waals surface area contributed by atoms with Crippen molar-refractivity contribution < 1.29 is 0 Å². The minimum absolute atomic E-state index is 0.0510. The standard InChI is InChI=1S/C28H23N.C19H22.C3H8/c1-28(2)24-14-8-9-15-25(24)29(20-11-4-3-5-12-20)26-17-16-22-21-13-7-6-10-19(21)18-23(22)27(26)28;1-3-4-6-11-19(17-9-7-5-8-10-17)18-14-12-16(2)13-15-18;1-3-2/h3-17H,18H2,1-2H3;5,7-15H,3-4,6H2,1-2H3;3H2,1-2H3/b;19-11+;. The zero-order valence-electron chi connectivity index (χ0n) is 31.4. The van der Waals surface area contributed by atoms with Crippen LogP contribution in [-0.4, -0.2) is 0 Å². The monoisotopic (exact) mass is 667 g/mol. The number of hydrogen-bond donors (Lipinski definition) is 0. The van der Waals surface area contributed by atoms with Gasteiger partial charge in [-0.25, -0.2) is 0 Å². The molecule has 1 nitrogen and oxygen atoms in total. The van der Waals surface area contributed by atoms with Gasteiger partial charge in [-0.2, -0.15) is 0 Å². The fourth-order valence-corrected chi connectivity index (χ4v) is 7.60. The van der Waals surface area contributed by atoms with Crippen LogP contribution >= 0.6 is 0 Å². The number of fused-ring (bicyclic) bond motifs is 6. The zero-order chi connectivity index (χ0) is 35.8. The summed E-state index contributed by atoms with van der Waals surface area (Å²) in [4.78, 5) is 2.44. The van der Waals surface area contributed by atoms with Gasteiger partial charge in [0.1, 0.15) is 0 Å². The van der Waals surface area contributed by atoms with E-state index in [1.165, 1.54) is 92.0 Å². The summed E-state index contributed by atoms with van der Waals surface area (Å²) in [6, 6.07) is 52.7. The summed E-state index contributed by atoms with van der Waals surface area (Å²) in [6.07, 6.45) is 8.29. The molecule has 0 bridgehead atoms. The van der Waals surface area contributed by atoms with E-state index in [0.29, 0.717) is 0 Å². The second-order valence-electron chi connectivity index (χ2n) is 14.3. The van der Waals surface area contributed by atoms with Crippen molar-refractivity contribution in [3.05, 3.63) is 191 Å². The molecular weight excluding hydrogens is 615 g/mol. The van der Waals surface area contributed by atoms with Crippen molar-refractivity contribution in [2.24, 2.45) is 0 Å². The lowest BCUT2D eigenvalue weighted by atomic mass is 9.71. The minimum atomic E-state index is -0.0510. The topological polar surface area (TPSA) is 3.24 Å². The molecule has 1 heteroatoms. The van der Waals surface area contributed by atoms with Gasteiger partial charge in [-0.3, -0.25) is 0 Å². The number of hydrogen-bond acceptors (Lipinski definition) is 1. The van der Waals surface area contributed by atoms with Crippen LogP contribution in [0.4, 0.5) is 17.1 Å². The van der Waals surface area contributed by atoms with Crippen molar-refractivity contribution in [3.8, 4) is 11.1 Å². The molecule has 0 amide bonds. The first kappa shape index (κ1) is 35.7. The van der Waals surface area contributed by atoms with Crippen LogP contribution in [0.1, 0.15) is 99.2 Å². The molecule has 8 rings (SSSR count). The molecule has 0 saturated carbocycles. The lowest BCUT2D eigenvalue weighted by molar-refractivity contribution is 0.626. The molecule has 0 radical (unpaired) electrons. The second kappa shape index (κ2) is 16.3. The summed E-state index contributed by atoms with van der Waals surface area (Å²) in [5.41, 5.74) is 17.6. The van der Waals surface area contributed by atoms with E-state index in [-0.39, 0.29) is 5.41 Å². The first-order valence-electron chi connectivity index (χ1n) is 18.9. The minimum Gasteiger partial charge on any atom is -0.310 e. The fourth-order valence-electron chi connectivity index (χ4n) is 7.60. The van der Waals surface area contributed by atoms with Crippen LogP contribution in [0.3, 0.4) is 0 Å². The molecule has 51 heavy (non-hydrogen) atoms. The van der Waals surface area contributed by atoms with Crippen molar-refractivity contribution in [3.63, 3.8) is 0 Å². The van der Waals surface area contributed by atoms with Crippen LogP contribution in [0, 0.1) is 6.92 Å². The molecule has 0 unspecified atom stereocenters. The highest BCUT2D eigenvalue weighted by Gasteiger charge is 2.40. The smallest absolute Gasteiger partial charge is 0.0505 e. The fraction of sp³-hybridized carbons (Fsp3) is 0.240. The Hall–Kier alpha value is -5.14. The third-order valence-corrected chi connectivity index (χ3v) is 10.0. The Balaban J connectivity index is 0.000000177. The number of unbranched alkanes of at least 4 members (excludes halogenated alkanes) is 2. The molecule has 0 fully saturated rings. The van der Waals surface area contributed by atoms with E-state index >= 15 is 0 Å². The van der Waals surface area contributed by atoms with Gasteiger partial charge in [0.05, 0.1) is 11.4 Å². The summed E-state index contributed by atoms with van der Waals surface area (Å²) in [6.45, 7) is 13.4. The second-order valence-corrected chi connectivity index (χ2v) is 14.3. The average molecular weight is 668 g/mol. The Bertz CT molecular complexity index is 2070. The molecule has 6 aromatic carbocycles. The Morgan fingerprint density at radius 1 is 0.627 bits per heavy atom. The van der Waals surface area contributed by atoms with Gasteiger partial charge in [0.15, 0.2) is 0 Å². The number of nitrogens with zero attached hydrogens (tertiary/aromatic N) is 1. The third-order valence-electron chi connectivity index (χ3n) is 10.0. The van der Waals surface area contributed by atoms with E-state index in [1.54, 1.807) is 0 Å². The van der Waals surface area contributed by atoms with Gasteiger partial charge in [-0.05, 0) is 94.1 Å². The van der Waals surface area contributed by atoms with E-state index in [2.05, 4.69) is 198 Å². The number of para-hydroxylation sites is 2. The summed E-state index contributed by atoms with van der Waals surface area (Å²) in [7, 11) is 0. The maximum absolute atomic E-state index is 2.44. The van der Waals surface area contributed by atoms with Crippen LogP contribution in [-0.2, 0) is 11.8 Å². The van der Waals surface area contributed by atoms with Gasteiger partial charge < -0.3 is 4.90 Å². The van der Waals surface area contributed by atoms with Gasteiger partial charge in [0.2, 0.25) is 0 Å². The lowest BCUT2D eigenvalue weighted by Gasteiger charge is -2.43. The lowest BCUT2D eigenvalue weighted by Crippen LogP contribution is -2.31. The molecule has 258 valence electrons. The third kappa shape index (κ3) is 7.49. The Morgan fingerprint density at radius 3 is 1.94 bits per heavy atom. The highest BCUT2D eigenvalue weighted by Crippen LogP contribution is 2.55. The normalized spacial score (nSPS) is 13.4. The van der Waals surface area contributed by atoms with Crippen LogP contribution in [0.25, 0.3) is 16.7 Å². The number of aryl methyl sites for hydroxylation is 1. The molecule has 1 aliphatic heterocycles. The molecule has 0 spiro atoms. The molecular formula is C50H53N. The van der Waals surface area contributed by atoms with E-state index in [1.807, 2.05) is 0 Å². The Morgan fingerprint density at radius 2 is 1.24 bits per heavy atom. The van der Waals surface area contributed by atoms with Gasteiger partial charge in [-0.15, -0.1) is 0 Å². The molecule has 2 aliphatic rings. The highest BCUT2D eigenvalue weighted by atomic mass is 15.2. The van der Waals surface area contributed by atoms with Crippen molar-refractivity contribution in [2.45, 2.75) is 79.1 Å². The quantitative estimate of drug-likeness (QED) is 0.160. The molecule has 0 atom stereocenters. The first-order valence-corrected chi connectivity index (χ1v) is 18.9. The van der Waals surface area contributed by atoms with Crippen LogP contribution in [0.2, 0.25) is 0 Å². The van der Waals surface area contributed by atoms with E-state index < -0.39 is 0 Å². The average Bonchev–Trinajstić information content (AvgIpc) is 3.54. The molecule has 0 aromatic heterocycles. The van der Waals surface area contributed by atoms with Crippen LogP contribution < -0.4 is 4.90 Å². The van der Waals surface area contributed by atoms with Crippen LogP contribution in [0.15, 0.2) is 152 Å². The number of rotatable bonds is 6. The first-order chi connectivity index (χ1) is 24.9. The largest absolute Gasteiger partial charge is 0.310 e. The summed E-state index contributed by atoms with van der Waals surface area (Å²) < 4.78 is 0. The maximum atomic E-state index is 2.44. The predicted octanol–water partition coefficient (Wildman–Crippen LogP) is 14.4. The SMILES string of the molecule is CC1(C)c2ccccc2N(c2ccccc2)c2ccc3c(c21)Cc1ccccc1-3.CCC.CCCC/C=C(\c1ccccc1)c1ccc(C)cc1. The summed E-state index contributed by atoms with van der Waals surface area (Å²) in [5, 5.41) is 0.